The lowest BCUT2D eigenvalue weighted by atomic mass is 9.99. The number of rotatable bonds is 6. The van der Waals surface area contributed by atoms with E-state index in [2.05, 4.69) is 23.8 Å². The van der Waals surface area contributed by atoms with Gasteiger partial charge in [0.25, 0.3) is 5.91 Å². The number of carbonyl (C=O) groups is 1. The minimum absolute atomic E-state index is 0.269. The lowest BCUT2D eigenvalue weighted by Crippen LogP contribution is -2.40. The highest BCUT2D eigenvalue weighted by molar-refractivity contribution is 6.39. The van der Waals surface area contributed by atoms with Gasteiger partial charge < -0.3 is 10.3 Å². The van der Waals surface area contributed by atoms with Crippen molar-refractivity contribution in [1.82, 2.24) is 4.98 Å². The maximum atomic E-state index is 12.8. The molecule has 0 atom stereocenters. The first-order valence-corrected chi connectivity index (χ1v) is 10.1. The van der Waals surface area contributed by atoms with E-state index in [1.807, 2.05) is 12.1 Å². The molecule has 0 saturated heterocycles. The maximum Gasteiger partial charge on any atom is 0.255 e. The Morgan fingerprint density at radius 1 is 1.29 bits per heavy atom. The van der Waals surface area contributed by atoms with Crippen LogP contribution in [-0.2, 0) is 0 Å². The molecule has 3 rings (SSSR count). The molecule has 0 spiro atoms. The molecule has 1 fully saturated rings. The van der Waals surface area contributed by atoms with Crippen LogP contribution in [0.5, 0.6) is 0 Å². The van der Waals surface area contributed by atoms with Gasteiger partial charge in [0.2, 0.25) is 0 Å². The predicted molar refractivity (Wildman–Crippen MR) is 117 cm³/mol. The average molecular weight is 419 g/mol. The number of nitrogens with two attached hydrogens (primary N) is 1. The first kappa shape index (κ1) is 20.6. The Balaban J connectivity index is 1.94. The molecule has 3 N–H and O–H groups in total. The molecule has 0 radical (unpaired) electrons. The molecule has 1 amide bonds. The summed E-state index contributed by atoms with van der Waals surface area (Å²) in [6, 6.07) is 5.75. The van der Waals surface area contributed by atoms with Crippen molar-refractivity contribution >= 4 is 46.1 Å². The van der Waals surface area contributed by atoms with E-state index in [1.165, 1.54) is 25.2 Å². The molecular weight excluding hydrogens is 395 g/mol. The molecule has 7 heteroatoms. The van der Waals surface area contributed by atoms with Crippen LogP contribution in [0.2, 0.25) is 10.0 Å². The molecule has 1 heterocycles. The summed E-state index contributed by atoms with van der Waals surface area (Å²) in [5.41, 5.74) is 3.58. The number of aromatic nitrogens is 1. The van der Waals surface area contributed by atoms with E-state index < -0.39 is 0 Å². The zero-order valence-corrected chi connectivity index (χ0v) is 17.4. The van der Waals surface area contributed by atoms with E-state index in [1.54, 1.807) is 11.1 Å². The Morgan fingerprint density at radius 2 is 1.93 bits per heavy atom. The molecule has 0 bridgehead atoms. The number of anilines is 2. The Hall–Kier alpha value is -2.08. The number of nitrogens with zero attached hydrogens (tertiary/aromatic N) is 2. The van der Waals surface area contributed by atoms with Crippen LogP contribution in [0.1, 0.15) is 54.9 Å². The zero-order chi connectivity index (χ0) is 20.3. The fourth-order valence-corrected chi connectivity index (χ4v) is 3.93. The largest absolute Gasteiger partial charge is 0.319 e. The second-order valence-electron chi connectivity index (χ2n) is 6.97. The molecule has 1 saturated carbocycles. The molecule has 5 nitrogen and oxygen atoms in total. The highest BCUT2D eigenvalue weighted by Gasteiger charge is 2.24. The van der Waals surface area contributed by atoms with Crippen LogP contribution >= 0.6 is 23.2 Å². The molecule has 1 aliphatic rings. The van der Waals surface area contributed by atoms with Gasteiger partial charge in [-0.15, -0.1) is 0 Å². The topological polar surface area (TPSA) is 71.2 Å². The van der Waals surface area contributed by atoms with Crippen LogP contribution in [0, 0.1) is 0 Å². The summed E-state index contributed by atoms with van der Waals surface area (Å²) < 4.78 is 0. The van der Waals surface area contributed by atoms with E-state index >= 15 is 0 Å². The SMILES string of the molecule is C=C(CC)c1ccc(C(=O)Nc2c(Cl)cncc2Cl)cc1N(N)C1CCCC1. The fraction of sp³-hybridized carbons (Fsp3) is 0.333. The molecule has 1 aliphatic carbocycles. The lowest BCUT2D eigenvalue weighted by Gasteiger charge is -2.29. The van der Waals surface area contributed by atoms with Gasteiger partial charge >= 0.3 is 0 Å². The van der Waals surface area contributed by atoms with Crippen molar-refractivity contribution in [2.24, 2.45) is 5.84 Å². The van der Waals surface area contributed by atoms with Gasteiger partial charge in [-0.3, -0.25) is 9.78 Å². The number of nitrogens with one attached hydrogen (secondary N) is 1. The Morgan fingerprint density at radius 3 is 2.54 bits per heavy atom. The minimum Gasteiger partial charge on any atom is -0.319 e. The maximum absolute atomic E-state index is 12.8. The zero-order valence-electron chi connectivity index (χ0n) is 15.8. The third-order valence-corrected chi connectivity index (χ3v) is 5.73. The van der Waals surface area contributed by atoms with Crippen LogP contribution in [0.15, 0.2) is 37.2 Å². The van der Waals surface area contributed by atoms with Crippen molar-refractivity contribution < 1.29 is 4.79 Å². The Labute approximate surface area is 175 Å². The van der Waals surface area contributed by atoms with Gasteiger partial charge in [0.1, 0.15) is 0 Å². The summed E-state index contributed by atoms with van der Waals surface area (Å²) in [6.07, 6.45) is 8.11. The highest BCUT2D eigenvalue weighted by atomic mass is 35.5. The van der Waals surface area contributed by atoms with Gasteiger partial charge in [0.05, 0.1) is 21.4 Å². The van der Waals surface area contributed by atoms with Crippen LogP contribution in [0.4, 0.5) is 11.4 Å². The van der Waals surface area contributed by atoms with Crippen molar-refractivity contribution in [1.29, 1.82) is 0 Å². The first-order chi connectivity index (χ1) is 13.4. The highest BCUT2D eigenvalue weighted by Crippen LogP contribution is 2.34. The van der Waals surface area contributed by atoms with Gasteiger partial charge in [-0.25, -0.2) is 5.84 Å². The monoisotopic (exact) mass is 418 g/mol. The Bertz CT molecular complexity index is 874. The third kappa shape index (κ3) is 4.32. The lowest BCUT2D eigenvalue weighted by molar-refractivity contribution is 0.102. The van der Waals surface area contributed by atoms with Crippen LogP contribution in [0.25, 0.3) is 5.57 Å². The summed E-state index contributed by atoms with van der Waals surface area (Å²) in [5, 5.41) is 5.13. The van der Waals surface area contributed by atoms with E-state index in [-0.39, 0.29) is 22.0 Å². The van der Waals surface area contributed by atoms with Crippen LogP contribution < -0.4 is 16.2 Å². The van der Waals surface area contributed by atoms with Crippen molar-refractivity contribution in [3.63, 3.8) is 0 Å². The summed E-state index contributed by atoms with van der Waals surface area (Å²) in [5.74, 6) is 6.16. The van der Waals surface area contributed by atoms with Crippen molar-refractivity contribution in [3.8, 4) is 0 Å². The fourth-order valence-electron chi connectivity index (χ4n) is 3.47. The minimum atomic E-state index is -0.315. The number of hydrogen-bond acceptors (Lipinski definition) is 4. The summed E-state index contributed by atoms with van der Waals surface area (Å²) in [6.45, 7) is 6.21. The predicted octanol–water partition coefficient (Wildman–Crippen LogP) is 5.69. The molecule has 0 unspecified atom stereocenters. The van der Waals surface area contributed by atoms with Gasteiger partial charge in [0, 0.05) is 29.6 Å². The number of halogens is 2. The molecular formula is C21H24Cl2N4O. The molecule has 2 aromatic rings. The van der Waals surface area contributed by atoms with Crippen molar-refractivity contribution in [2.75, 3.05) is 10.3 Å². The van der Waals surface area contributed by atoms with Crippen LogP contribution in [0.3, 0.4) is 0 Å². The van der Waals surface area contributed by atoms with E-state index in [4.69, 9.17) is 29.0 Å². The van der Waals surface area contributed by atoms with E-state index in [0.717, 1.165) is 36.1 Å². The van der Waals surface area contributed by atoms with E-state index in [0.29, 0.717) is 11.3 Å². The number of hydrazine groups is 1. The number of carbonyl (C=O) groups excluding carboxylic acids is 1. The third-order valence-electron chi connectivity index (χ3n) is 5.16. The second-order valence-corrected chi connectivity index (χ2v) is 7.78. The smallest absolute Gasteiger partial charge is 0.255 e. The summed E-state index contributed by atoms with van der Waals surface area (Å²) >= 11 is 12.2. The standard InChI is InChI=1S/C21H24Cl2N4O/c1-3-13(2)16-9-8-14(10-19(16)27(24)15-6-4-5-7-15)21(28)26-20-17(22)11-25-12-18(20)23/h8-12,15H,2-7,24H2,1H3,(H,25,26,28). The number of allylic oxidation sites excluding steroid dienone is 1. The Kier molecular flexibility index (Phi) is 6.60. The van der Waals surface area contributed by atoms with Crippen LogP contribution in [-0.4, -0.2) is 16.9 Å². The molecule has 148 valence electrons. The number of pyridine rings is 1. The number of hydrogen-bond donors (Lipinski definition) is 2. The molecule has 1 aromatic heterocycles. The van der Waals surface area contributed by atoms with Gasteiger partial charge in [-0.2, -0.15) is 0 Å². The molecule has 0 aliphatic heterocycles. The summed E-state index contributed by atoms with van der Waals surface area (Å²) in [4.78, 5) is 16.7. The van der Waals surface area contributed by atoms with E-state index in [9.17, 15) is 4.79 Å². The van der Waals surface area contributed by atoms with Crippen molar-refractivity contribution in [2.45, 2.75) is 45.1 Å². The van der Waals surface area contributed by atoms with Crippen molar-refractivity contribution in [3.05, 3.63) is 58.3 Å². The molecule has 28 heavy (non-hydrogen) atoms. The number of benzene rings is 1. The number of amides is 1. The molecule has 1 aromatic carbocycles. The van der Waals surface area contributed by atoms with Gasteiger partial charge in [-0.05, 0) is 37.0 Å². The van der Waals surface area contributed by atoms with Gasteiger partial charge in [-0.1, -0.05) is 55.6 Å². The average Bonchev–Trinajstić information content (AvgIpc) is 3.24. The quantitative estimate of drug-likeness (QED) is 0.466. The normalized spacial score (nSPS) is 14.1. The summed E-state index contributed by atoms with van der Waals surface area (Å²) in [7, 11) is 0. The van der Waals surface area contributed by atoms with Gasteiger partial charge in [0.15, 0.2) is 0 Å². The second kappa shape index (κ2) is 8.95. The first-order valence-electron chi connectivity index (χ1n) is 9.38.